The van der Waals surface area contributed by atoms with Gasteiger partial charge >= 0.3 is 0 Å². The second kappa shape index (κ2) is 5.36. The molecule has 0 atom stereocenters. The molecule has 0 aliphatic carbocycles. The van der Waals surface area contributed by atoms with Crippen molar-refractivity contribution in [1.29, 1.82) is 0 Å². The molecule has 1 aromatic carbocycles. The van der Waals surface area contributed by atoms with Gasteiger partial charge in [-0.2, -0.15) is 5.10 Å². The molecular formula is C15H21N3. The Kier molecular flexibility index (Phi) is 3.82. The van der Waals surface area contributed by atoms with Crippen molar-refractivity contribution >= 4 is 0 Å². The lowest BCUT2D eigenvalue weighted by Crippen LogP contribution is -2.16. The van der Waals surface area contributed by atoms with E-state index in [-0.39, 0.29) is 0 Å². The summed E-state index contributed by atoms with van der Waals surface area (Å²) in [5.41, 5.74) is 6.44. The minimum Gasteiger partial charge on any atom is -0.318 e. The SMILES string of the molecule is CNCCn1ncc(-c2cccc(C)c2C)c1C. The highest BCUT2D eigenvalue weighted by Gasteiger charge is 2.10. The first-order valence-electron chi connectivity index (χ1n) is 6.38. The van der Waals surface area contributed by atoms with Crippen molar-refractivity contribution in [3.05, 3.63) is 41.2 Å². The number of nitrogens with zero attached hydrogens (tertiary/aromatic N) is 2. The predicted molar refractivity (Wildman–Crippen MR) is 75.8 cm³/mol. The molecule has 0 saturated heterocycles. The van der Waals surface area contributed by atoms with Gasteiger partial charge < -0.3 is 5.32 Å². The fourth-order valence-corrected chi connectivity index (χ4v) is 2.20. The van der Waals surface area contributed by atoms with Crippen molar-refractivity contribution < 1.29 is 0 Å². The van der Waals surface area contributed by atoms with Crippen molar-refractivity contribution in [2.45, 2.75) is 27.3 Å². The maximum atomic E-state index is 4.48. The third kappa shape index (κ3) is 2.31. The van der Waals surface area contributed by atoms with Crippen LogP contribution < -0.4 is 5.32 Å². The van der Waals surface area contributed by atoms with Gasteiger partial charge in [-0.1, -0.05) is 18.2 Å². The van der Waals surface area contributed by atoms with E-state index >= 15 is 0 Å². The van der Waals surface area contributed by atoms with Gasteiger partial charge in [0.15, 0.2) is 0 Å². The molecule has 0 amide bonds. The highest BCUT2D eigenvalue weighted by atomic mass is 15.3. The van der Waals surface area contributed by atoms with Gasteiger partial charge in [0.1, 0.15) is 0 Å². The van der Waals surface area contributed by atoms with Crippen LogP contribution in [-0.4, -0.2) is 23.4 Å². The van der Waals surface area contributed by atoms with E-state index in [9.17, 15) is 0 Å². The van der Waals surface area contributed by atoms with Crippen LogP contribution in [-0.2, 0) is 6.54 Å². The molecule has 18 heavy (non-hydrogen) atoms. The standard InChI is InChI=1S/C15H21N3/c1-11-6-5-7-14(12(11)2)15-10-17-18(13(15)3)9-8-16-4/h5-7,10,16H,8-9H2,1-4H3. The van der Waals surface area contributed by atoms with E-state index in [1.54, 1.807) is 0 Å². The van der Waals surface area contributed by atoms with Gasteiger partial charge in [0, 0.05) is 17.8 Å². The van der Waals surface area contributed by atoms with Gasteiger partial charge in [0.2, 0.25) is 0 Å². The summed E-state index contributed by atoms with van der Waals surface area (Å²) in [7, 11) is 1.96. The molecule has 0 radical (unpaired) electrons. The molecule has 2 rings (SSSR count). The molecule has 1 heterocycles. The number of likely N-dealkylation sites (N-methyl/N-ethyl adjacent to an activating group) is 1. The summed E-state index contributed by atoms with van der Waals surface area (Å²) in [6, 6.07) is 6.44. The Balaban J connectivity index is 2.39. The van der Waals surface area contributed by atoms with E-state index < -0.39 is 0 Å². The van der Waals surface area contributed by atoms with Crippen LogP contribution in [0.2, 0.25) is 0 Å². The molecule has 0 fully saturated rings. The third-order valence-electron chi connectivity index (χ3n) is 3.57. The summed E-state index contributed by atoms with van der Waals surface area (Å²) in [5, 5.41) is 7.63. The number of aryl methyl sites for hydroxylation is 1. The van der Waals surface area contributed by atoms with E-state index in [2.05, 4.69) is 54.1 Å². The maximum Gasteiger partial charge on any atom is 0.0571 e. The molecule has 0 spiro atoms. The van der Waals surface area contributed by atoms with Gasteiger partial charge in [-0.15, -0.1) is 0 Å². The van der Waals surface area contributed by atoms with Gasteiger partial charge in [-0.25, -0.2) is 0 Å². The zero-order valence-corrected chi connectivity index (χ0v) is 11.6. The van der Waals surface area contributed by atoms with E-state index in [1.807, 2.05) is 13.2 Å². The Labute approximate surface area is 109 Å². The minimum atomic E-state index is 0.910. The average molecular weight is 243 g/mol. The van der Waals surface area contributed by atoms with Crippen molar-refractivity contribution in [3.8, 4) is 11.1 Å². The molecule has 2 aromatic rings. The van der Waals surface area contributed by atoms with E-state index in [0.717, 1.165) is 13.1 Å². The zero-order valence-electron chi connectivity index (χ0n) is 11.6. The summed E-state index contributed by atoms with van der Waals surface area (Å²) in [5.74, 6) is 0. The van der Waals surface area contributed by atoms with Crippen LogP contribution in [0, 0.1) is 20.8 Å². The Bertz CT molecular complexity index is 541. The van der Waals surface area contributed by atoms with Gasteiger partial charge in [-0.05, 0) is 44.5 Å². The van der Waals surface area contributed by atoms with Gasteiger partial charge in [0.25, 0.3) is 0 Å². The normalized spacial score (nSPS) is 10.9. The third-order valence-corrected chi connectivity index (χ3v) is 3.57. The minimum absolute atomic E-state index is 0.910. The number of nitrogens with one attached hydrogen (secondary N) is 1. The summed E-state index contributed by atoms with van der Waals surface area (Å²) in [4.78, 5) is 0. The molecule has 0 bridgehead atoms. The first-order chi connectivity index (χ1) is 8.65. The summed E-state index contributed by atoms with van der Waals surface area (Å²) >= 11 is 0. The van der Waals surface area contributed by atoms with Crippen molar-refractivity contribution in [2.24, 2.45) is 0 Å². The van der Waals surface area contributed by atoms with Crippen LogP contribution in [0.25, 0.3) is 11.1 Å². The fourth-order valence-electron chi connectivity index (χ4n) is 2.20. The molecule has 96 valence electrons. The lowest BCUT2D eigenvalue weighted by Gasteiger charge is -2.09. The Hall–Kier alpha value is -1.61. The Morgan fingerprint density at radius 3 is 2.67 bits per heavy atom. The topological polar surface area (TPSA) is 29.9 Å². The molecule has 0 saturated carbocycles. The summed E-state index contributed by atoms with van der Waals surface area (Å²) in [6.07, 6.45) is 1.98. The quantitative estimate of drug-likeness (QED) is 0.894. The largest absolute Gasteiger partial charge is 0.318 e. The van der Waals surface area contributed by atoms with Crippen molar-refractivity contribution in [3.63, 3.8) is 0 Å². The number of benzene rings is 1. The highest BCUT2D eigenvalue weighted by Crippen LogP contribution is 2.27. The van der Waals surface area contributed by atoms with E-state index in [4.69, 9.17) is 0 Å². The number of rotatable bonds is 4. The molecule has 3 heteroatoms. The molecular weight excluding hydrogens is 222 g/mol. The van der Waals surface area contributed by atoms with Crippen LogP contribution in [0.5, 0.6) is 0 Å². The second-order valence-electron chi connectivity index (χ2n) is 4.72. The molecule has 0 aliphatic heterocycles. The lowest BCUT2D eigenvalue weighted by atomic mass is 9.98. The smallest absolute Gasteiger partial charge is 0.0571 e. The first-order valence-corrected chi connectivity index (χ1v) is 6.38. The van der Waals surface area contributed by atoms with Crippen LogP contribution in [0.1, 0.15) is 16.8 Å². The predicted octanol–water partition coefficient (Wildman–Crippen LogP) is 2.69. The van der Waals surface area contributed by atoms with E-state index in [0.29, 0.717) is 0 Å². The summed E-state index contributed by atoms with van der Waals surface area (Å²) < 4.78 is 2.06. The number of hydrogen-bond donors (Lipinski definition) is 1. The number of aromatic nitrogens is 2. The first kappa shape index (κ1) is 12.8. The van der Waals surface area contributed by atoms with Crippen LogP contribution >= 0.6 is 0 Å². The van der Waals surface area contributed by atoms with Crippen LogP contribution in [0.3, 0.4) is 0 Å². The zero-order chi connectivity index (χ0) is 13.1. The molecule has 3 nitrogen and oxygen atoms in total. The van der Waals surface area contributed by atoms with Crippen molar-refractivity contribution in [2.75, 3.05) is 13.6 Å². The average Bonchev–Trinajstić information content (AvgIpc) is 2.72. The molecule has 1 N–H and O–H groups in total. The monoisotopic (exact) mass is 243 g/mol. The Morgan fingerprint density at radius 2 is 1.94 bits per heavy atom. The highest BCUT2D eigenvalue weighted by molar-refractivity contribution is 5.69. The molecule has 0 aliphatic rings. The van der Waals surface area contributed by atoms with Crippen LogP contribution in [0.15, 0.2) is 24.4 Å². The maximum absolute atomic E-state index is 4.48. The lowest BCUT2D eigenvalue weighted by molar-refractivity contribution is 0.572. The van der Waals surface area contributed by atoms with Gasteiger partial charge in [-0.3, -0.25) is 4.68 Å². The molecule has 1 aromatic heterocycles. The van der Waals surface area contributed by atoms with E-state index in [1.165, 1.54) is 27.9 Å². The van der Waals surface area contributed by atoms with Gasteiger partial charge in [0.05, 0.1) is 12.7 Å². The fraction of sp³-hybridized carbons (Fsp3) is 0.400. The number of hydrogen-bond acceptors (Lipinski definition) is 2. The van der Waals surface area contributed by atoms with Crippen molar-refractivity contribution in [1.82, 2.24) is 15.1 Å². The molecule has 0 unspecified atom stereocenters. The second-order valence-corrected chi connectivity index (χ2v) is 4.72. The Morgan fingerprint density at radius 1 is 1.17 bits per heavy atom. The van der Waals surface area contributed by atoms with Crippen LogP contribution in [0.4, 0.5) is 0 Å². The summed E-state index contributed by atoms with van der Waals surface area (Å²) in [6.45, 7) is 8.32.